The Morgan fingerprint density at radius 2 is 2.05 bits per heavy atom. The first-order valence-electron chi connectivity index (χ1n) is 6.21. The van der Waals surface area contributed by atoms with Crippen molar-refractivity contribution in [2.24, 2.45) is 0 Å². The number of nitriles is 1. The Morgan fingerprint density at radius 1 is 1.29 bits per heavy atom. The fourth-order valence-corrected chi connectivity index (χ4v) is 2.76. The molecule has 0 aliphatic carbocycles. The number of methoxy groups -OCH3 is 1. The van der Waals surface area contributed by atoms with Crippen LogP contribution in [0.4, 0.5) is 5.82 Å². The summed E-state index contributed by atoms with van der Waals surface area (Å²) in [6, 6.07) is 13.3. The molecule has 0 amide bonds. The topological polar surface area (TPSA) is 76.9 Å². The monoisotopic (exact) mass is 296 g/mol. The summed E-state index contributed by atoms with van der Waals surface area (Å²) in [5, 5.41) is 15.8. The van der Waals surface area contributed by atoms with Crippen molar-refractivity contribution < 1.29 is 4.74 Å². The van der Waals surface area contributed by atoms with Gasteiger partial charge in [-0.1, -0.05) is 6.07 Å². The van der Waals surface area contributed by atoms with Crippen molar-refractivity contribution in [2.75, 3.05) is 12.8 Å². The molecule has 0 unspecified atom stereocenters. The van der Waals surface area contributed by atoms with Crippen LogP contribution in [0.5, 0.6) is 5.75 Å². The van der Waals surface area contributed by atoms with Gasteiger partial charge in [-0.15, -0.1) is 11.3 Å². The number of nitrogens with zero attached hydrogens (tertiary/aromatic N) is 3. The van der Waals surface area contributed by atoms with E-state index in [2.05, 4.69) is 11.2 Å². The molecule has 0 radical (unpaired) electrons. The lowest BCUT2D eigenvalue weighted by molar-refractivity contribution is 0.414. The van der Waals surface area contributed by atoms with Crippen molar-refractivity contribution >= 4 is 17.2 Å². The molecule has 0 aliphatic rings. The van der Waals surface area contributed by atoms with Crippen LogP contribution in [-0.2, 0) is 0 Å². The quantitative estimate of drug-likeness (QED) is 0.805. The molecular weight excluding hydrogens is 284 g/mol. The minimum atomic E-state index is 0.339. The summed E-state index contributed by atoms with van der Waals surface area (Å²) < 4.78 is 6.71. The van der Waals surface area contributed by atoms with Crippen LogP contribution in [0.3, 0.4) is 0 Å². The average molecular weight is 296 g/mol. The lowest BCUT2D eigenvalue weighted by atomic mass is 10.2. The molecule has 0 saturated carbocycles. The molecule has 3 rings (SSSR count). The molecule has 2 aromatic heterocycles. The third kappa shape index (κ3) is 2.24. The fourth-order valence-electron chi connectivity index (χ4n) is 2.05. The highest BCUT2D eigenvalue weighted by molar-refractivity contribution is 7.13. The second kappa shape index (κ2) is 5.31. The van der Waals surface area contributed by atoms with Gasteiger partial charge >= 0.3 is 0 Å². The maximum atomic E-state index is 9.34. The fraction of sp³-hybridized carbons (Fsp3) is 0.0667. The highest BCUT2D eigenvalue weighted by atomic mass is 32.1. The minimum absolute atomic E-state index is 0.339. The van der Waals surface area contributed by atoms with Gasteiger partial charge in [0.25, 0.3) is 0 Å². The molecular formula is C15H12N4OS. The molecule has 5 nitrogen and oxygen atoms in total. The largest absolute Gasteiger partial charge is 0.497 e. The smallest absolute Gasteiger partial charge is 0.145 e. The first-order valence-corrected chi connectivity index (χ1v) is 7.09. The molecule has 0 spiro atoms. The standard InChI is InChI=1S/C15H12N4OS/c1-20-11-6-4-10(5-7-11)19-15(17)12(9-16)14(18-19)13-3-2-8-21-13/h2-8H,17H2,1H3. The molecule has 3 aromatic rings. The Labute approximate surface area is 125 Å². The second-order valence-electron chi connectivity index (χ2n) is 4.31. The SMILES string of the molecule is COc1ccc(-n2nc(-c3cccs3)c(C#N)c2N)cc1. The van der Waals surface area contributed by atoms with E-state index in [1.165, 1.54) is 11.3 Å². The van der Waals surface area contributed by atoms with Gasteiger partial charge in [0.15, 0.2) is 0 Å². The van der Waals surface area contributed by atoms with Crippen molar-refractivity contribution in [1.82, 2.24) is 9.78 Å². The number of ether oxygens (including phenoxy) is 1. The Morgan fingerprint density at radius 3 is 2.62 bits per heavy atom. The average Bonchev–Trinajstić information content (AvgIpc) is 3.15. The Bertz CT molecular complexity index is 798. The van der Waals surface area contributed by atoms with Gasteiger partial charge in [0.1, 0.15) is 28.9 Å². The van der Waals surface area contributed by atoms with E-state index in [9.17, 15) is 5.26 Å². The highest BCUT2D eigenvalue weighted by Crippen LogP contribution is 2.31. The number of rotatable bonds is 3. The van der Waals surface area contributed by atoms with Gasteiger partial charge in [-0.25, -0.2) is 4.68 Å². The van der Waals surface area contributed by atoms with E-state index in [-0.39, 0.29) is 0 Å². The zero-order chi connectivity index (χ0) is 14.8. The van der Waals surface area contributed by atoms with Crippen LogP contribution < -0.4 is 10.5 Å². The van der Waals surface area contributed by atoms with E-state index in [4.69, 9.17) is 10.5 Å². The lowest BCUT2D eigenvalue weighted by Gasteiger charge is -2.05. The number of nitrogen functional groups attached to an aromatic ring is 1. The number of benzene rings is 1. The molecule has 0 aliphatic heterocycles. The summed E-state index contributed by atoms with van der Waals surface area (Å²) >= 11 is 1.53. The zero-order valence-corrected chi connectivity index (χ0v) is 12.1. The molecule has 21 heavy (non-hydrogen) atoms. The molecule has 0 atom stereocenters. The molecule has 2 heterocycles. The predicted molar refractivity (Wildman–Crippen MR) is 82.6 cm³/mol. The van der Waals surface area contributed by atoms with Gasteiger partial charge in [0, 0.05) is 0 Å². The highest BCUT2D eigenvalue weighted by Gasteiger charge is 2.18. The number of hydrogen-bond donors (Lipinski definition) is 1. The van der Waals surface area contributed by atoms with Crippen molar-refractivity contribution in [3.8, 4) is 28.1 Å². The van der Waals surface area contributed by atoms with Gasteiger partial charge < -0.3 is 10.5 Å². The van der Waals surface area contributed by atoms with Crippen LogP contribution in [0, 0.1) is 11.3 Å². The number of aromatic nitrogens is 2. The van der Waals surface area contributed by atoms with Gasteiger partial charge in [-0.3, -0.25) is 0 Å². The predicted octanol–water partition coefficient (Wildman–Crippen LogP) is 3.06. The molecule has 1 aromatic carbocycles. The summed E-state index contributed by atoms with van der Waals surface area (Å²) in [4.78, 5) is 0.922. The number of anilines is 1. The third-order valence-corrected chi connectivity index (χ3v) is 3.98. The Balaban J connectivity index is 2.13. The molecule has 0 fully saturated rings. The first-order chi connectivity index (χ1) is 10.2. The Kier molecular flexibility index (Phi) is 3.34. The van der Waals surface area contributed by atoms with Gasteiger partial charge in [0.05, 0.1) is 17.7 Å². The van der Waals surface area contributed by atoms with E-state index >= 15 is 0 Å². The van der Waals surface area contributed by atoms with Gasteiger partial charge in [-0.05, 0) is 35.7 Å². The first kappa shape index (κ1) is 13.2. The van der Waals surface area contributed by atoms with Crippen LogP contribution >= 0.6 is 11.3 Å². The van der Waals surface area contributed by atoms with E-state index in [1.807, 2.05) is 41.8 Å². The molecule has 6 heteroatoms. The van der Waals surface area contributed by atoms with Gasteiger partial charge in [0.2, 0.25) is 0 Å². The maximum Gasteiger partial charge on any atom is 0.145 e. The molecule has 104 valence electrons. The maximum absolute atomic E-state index is 9.34. The zero-order valence-electron chi connectivity index (χ0n) is 11.3. The van der Waals surface area contributed by atoms with Crippen molar-refractivity contribution in [2.45, 2.75) is 0 Å². The Hall–Kier alpha value is -2.78. The molecule has 0 saturated heterocycles. The lowest BCUT2D eigenvalue weighted by Crippen LogP contribution is -2.02. The van der Waals surface area contributed by atoms with E-state index in [0.717, 1.165) is 16.3 Å². The van der Waals surface area contributed by atoms with Crippen LogP contribution in [0.1, 0.15) is 5.56 Å². The van der Waals surface area contributed by atoms with Gasteiger partial charge in [-0.2, -0.15) is 10.4 Å². The number of nitrogens with two attached hydrogens (primary N) is 1. The van der Waals surface area contributed by atoms with Crippen LogP contribution in [0.25, 0.3) is 16.3 Å². The summed E-state index contributed by atoms with van der Waals surface area (Å²) in [5.41, 5.74) is 7.87. The summed E-state index contributed by atoms with van der Waals surface area (Å²) in [7, 11) is 1.61. The second-order valence-corrected chi connectivity index (χ2v) is 5.26. The number of hydrogen-bond acceptors (Lipinski definition) is 5. The summed E-state index contributed by atoms with van der Waals surface area (Å²) in [5.74, 6) is 1.09. The van der Waals surface area contributed by atoms with Crippen LogP contribution in [0.15, 0.2) is 41.8 Å². The minimum Gasteiger partial charge on any atom is -0.497 e. The van der Waals surface area contributed by atoms with Crippen molar-refractivity contribution in [1.29, 1.82) is 5.26 Å². The third-order valence-electron chi connectivity index (χ3n) is 3.10. The summed E-state index contributed by atoms with van der Waals surface area (Å²) in [6.45, 7) is 0. The summed E-state index contributed by atoms with van der Waals surface area (Å²) in [6.07, 6.45) is 0. The normalized spacial score (nSPS) is 10.3. The van der Waals surface area contributed by atoms with E-state index in [1.54, 1.807) is 11.8 Å². The molecule has 2 N–H and O–H groups in total. The number of thiophene rings is 1. The van der Waals surface area contributed by atoms with Crippen molar-refractivity contribution in [3.63, 3.8) is 0 Å². The van der Waals surface area contributed by atoms with E-state index < -0.39 is 0 Å². The van der Waals surface area contributed by atoms with Crippen LogP contribution in [-0.4, -0.2) is 16.9 Å². The van der Waals surface area contributed by atoms with Crippen molar-refractivity contribution in [3.05, 3.63) is 47.3 Å². The van der Waals surface area contributed by atoms with E-state index in [0.29, 0.717) is 17.1 Å². The van der Waals surface area contributed by atoms with Crippen LogP contribution in [0.2, 0.25) is 0 Å². The molecule has 0 bridgehead atoms.